The third-order valence-electron chi connectivity index (χ3n) is 2.35. The molecule has 3 nitrogen and oxygen atoms in total. The molecule has 0 saturated carbocycles. The number of hydrogen-bond donors (Lipinski definition) is 0. The summed E-state index contributed by atoms with van der Waals surface area (Å²) in [7, 11) is 0. The van der Waals surface area contributed by atoms with E-state index in [1.54, 1.807) is 6.07 Å². The van der Waals surface area contributed by atoms with Crippen molar-refractivity contribution >= 4 is 11.4 Å². The second kappa shape index (κ2) is 5.73. The minimum Gasteiger partial charge on any atom is -0.406 e. The fourth-order valence-corrected chi connectivity index (χ4v) is 1.52. The minimum atomic E-state index is -4.69. The van der Waals surface area contributed by atoms with Gasteiger partial charge in [0.15, 0.2) is 0 Å². The number of benzene rings is 2. The first-order valence-corrected chi connectivity index (χ1v) is 5.77. The summed E-state index contributed by atoms with van der Waals surface area (Å²) in [5, 5.41) is 7.95. The van der Waals surface area contributed by atoms with Gasteiger partial charge in [-0.2, -0.15) is 10.2 Å². The van der Waals surface area contributed by atoms with Crippen molar-refractivity contribution in [3.8, 4) is 5.75 Å². The van der Waals surface area contributed by atoms with Crippen LogP contribution in [-0.4, -0.2) is 6.36 Å². The summed E-state index contributed by atoms with van der Waals surface area (Å²) in [5.74, 6) is -0.285. The molecule has 2 rings (SSSR count). The molecule has 0 amide bonds. The Morgan fingerprint density at radius 2 is 1.55 bits per heavy atom. The Kier molecular flexibility index (Phi) is 4.02. The molecule has 2 aromatic carbocycles. The predicted molar refractivity (Wildman–Crippen MR) is 68.5 cm³/mol. The Labute approximate surface area is 113 Å². The van der Waals surface area contributed by atoms with E-state index in [1.165, 1.54) is 24.3 Å². The van der Waals surface area contributed by atoms with E-state index in [9.17, 15) is 13.2 Å². The fourth-order valence-electron chi connectivity index (χ4n) is 1.52. The molecule has 0 fully saturated rings. The van der Waals surface area contributed by atoms with E-state index in [1.807, 2.05) is 25.1 Å². The highest BCUT2D eigenvalue weighted by atomic mass is 19.4. The van der Waals surface area contributed by atoms with Crippen LogP contribution in [0.5, 0.6) is 5.75 Å². The van der Waals surface area contributed by atoms with E-state index < -0.39 is 6.36 Å². The van der Waals surface area contributed by atoms with Gasteiger partial charge in [0.2, 0.25) is 0 Å². The third kappa shape index (κ3) is 4.38. The number of aryl methyl sites for hydroxylation is 1. The van der Waals surface area contributed by atoms with Gasteiger partial charge in [-0.15, -0.1) is 13.2 Å². The summed E-state index contributed by atoms with van der Waals surface area (Å²) >= 11 is 0. The quantitative estimate of drug-likeness (QED) is 0.701. The van der Waals surface area contributed by atoms with E-state index in [-0.39, 0.29) is 5.75 Å². The van der Waals surface area contributed by atoms with Gasteiger partial charge in [-0.05, 0) is 48.9 Å². The van der Waals surface area contributed by atoms with Crippen LogP contribution >= 0.6 is 0 Å². The van der Waals surface area contributed by atoms with Gasteiger partial charge >= 0.3 is 6.36 Å². The van der Waals surface area contributed by atoms with E-state index in [2.05, 4.69) is 15.0 Å². The molecule has 0 atom stereocenters. The summed E-state index contributed by atoms with van der Waals surface area (Å²) in [5.41, 5.74) is 2.18. The van der Waals surface area contributed by atoms with Gasteiger partial charge in [0.05, 0.1) is 11.4 Å². The van der Waals surface area contributed by atoms with Crippen molar-refractivity contribution in [2.75, 3.05) is 0 Å². The molecule has 0 radical (unpaired) electrons. The van der Waals surface area contributed by atoms with Crippen LogP contribution in [0.25, 0.3) is 0 Å². The zero-order valence-corrected chi connectivity index (χ0v) is 10.6. The van der Waals surface area contributed by atoms with Crippen LogP contribution in [0.2, 0.25) is 0 Å². The average Bonchev–Trinajstić information content (AvgIpc) is 2.36. The number of alkyl halides is 3. The average molecular weight is 280 g/mol. The summed E-state index contributed by atoms with van der Waals surface area (Å²) in [4.78, 5) is 0. The molecule has 20 heavy (non-hydrogen) atoms. The van der Waals surface area contributed by atoms with Crippen molar-refractivity contribution < 1.29 is 17.9 Å². The van der Waals surface area contributed by atoms with Gasteiger partial charge in [0.25, 0.3) is 0 Å². The monoisotopic (exact) mass is 280 g/mol. The van der Waals surface area contributed by atoms with Crippen LogP contribution in [0, 0.1) is 6.92 Å². The fraction of sp³-hybridized carbons (Fsp3) is 0.143. The lowest BCUT2D eigenvalue weighted by Crippen LogP contribution is -2.16. The van der Waals surface area contributed by atoms with Gasteiger partial charge in [0, 0.05) is 0 Å². The number of nitrogens with zero attached hydrogens (tertiary/aromatic N) is 2. The Balaban J connectivity index is 2.07. The molecule has 0 aromatic heterocycles. The summed E-state index contributed by atoms with van der Waals surface area (Å²) < 4.78 is 39.7. The maximum Gasteiger partial charge on any atom is 0.573 e. The molecule has 0 unspecified atom stereocenters. The Morgan fingerprint density at radius 1 is 0.900 bits per heavy atom. The third-order valence-corrected chi connectivity index (χ3v) is 2.35. The lowest BCUT2D eigenvalue weighted by molar-refractivity contribution is -0.274. The summed E-state index contributed by atoms with van der Waals surface area (Å²) in [6.45, 7) is 1.93. The SMILES string of the molecule is Cc1cccc(N=Nc2ccc(OC(F)(F)F)cc2)c1. The van der Waals surface area contributed by atoms with Crippen LogP contribution in [0.1, 0.15) is 5.56 Å². The van der Waals surface area contributed by atoms with Crippen LogP contribution in [0.3, 0.4) is 0 Å². The number of hydrogen-bond acceptors (Lipinski definition) is 3. The zero-order chi connectivity index (χ0) is 14.6. The van der Waals surface area contributed by atoms with Gasteiger partial charge in [-0.1, -0.05) is 12.1 Å². The number of ether oxygens (including phenoxy) is 1. The first-order chi connectivity index (χ1) is 9.42. The molecule has 0 aliphatic heterocycles. The molecule has 0 aliphatic carbocycles. The maximum atomic E-state index is 12.0. The van der Waals surface area contributed by atoms with Crippen molar-refractivity contribution in [3.63, 3.8) is 0 Å². The van der Waals surface area contributed by atoms with Crippen molar-refractivity contribution in [2.45, 2.75) is 13.3 Å². The largest absolute Gasteiger partial charge is 0.573 e. The Morgan fingerprint density at radius 3 is 2.15 bits per heavy atom. The maximum absolute atomic E-state index is 12.0. The standard InChI is InChI=1S/C14H11F3N2O/c1-10-3-2-4-12(9-10)19-18-11-5-7-13(8-6-11)20-14(15,16)17/h2-9H,1H3. The van der Waals surface area contributed by atoms with Gasteiger partial charge < -0.3 is 4.74 Å². The molecule has 0 N–H and O–H groups in total. The van der Waals surface area contributed by atoms with Gasteiger partial charge in [-0.3, -0.25) is 0 Å². The second-order valence-corrected chi connectivity index (χ2v) is 4.08. The predicted octanol–water partition coefficient (Wildman–Crippen LogP) is 5.31. The van der Waals surface area contributed by atoms with Crippen molar-refractivity contribution in [2.24, 2.45) is 10.2 Å². The van der Waals surface area contributed by atoms with Crippen molar-refractivity contribution in [3.05, 3.63) is 54.1 Å². The van der Waals surface area contributed by atoms with Crippen molar-refractivity contribution in [1.82, 2.24) is 0 Å². The van der Waals surface area contributed by atoms with Gasteiger partial charge in [-0.25, -0.2) is 0 Å². The molecule has 0 aliphatic rings. The van der Waals surface area contributed by atoms with E-state index in [4.69, 9.17) is 0 Å². The lowest BCUT2D eigenvalue weighted by atomic mass is 10.2. The Bertz CT molecular complexity index is 607. The molecule has 6 heteroatoms. The van der Waals surface area contributed by atoms with Gasteiger partial charge in [0.1, 0.15) is 5.75 Å². The highest BCUT2D eigenvalue weighted by Crippen LogP contribution is 2.25. The molecule has 0 spiro atoms. The molecule has 104 valence electrons. The topological polar surface area (TPSA) is 34.0 Å². The smallest absolute Gasteiger partial charge is 0.406 e. The highest BCUT2D eigenvalue weighted by molar-refractivity contribution is 5.43. The first kappa shape index (κ1) is 14.0. The summed E-state index contributed by atoms with van der Waals surface area (Å²) in [6.07, 6.45) is -4.69. The van der Waals surface area contributed by atoms with Crippen LogP contribution in [-0.2, 0) is 0 Å². The molecule has 0 heterocycles. The normalized spacial score (nSPS) is 11.8. The number of halogens is 3. The van der Waals surface area contributed by atoms with Crippen molar-refractivity contribution in [1.29, 1.82) is 0 Å². The van der Waals surface area contributed by atoms with E-state index in [0.717, 1.165) is 5.56 Å². The van der Waals surface area contributed by atoms with E-state index >= 15 is 0 Å². The first-order valence-electron chi connectivity index (χ1n) is 5.77. The van der Waals surface area contributed by atoms with Crippen LogP contribution < -0.4 is 4.74 Å². The molecular formula is C14H11F3N2O. The molecule has 0 bridgehead atoms. The van der Waals surface area contributed by atoms with E-state index in [0.29, 0.717) is 11.4 Å². The summed E-state index contributed by atoms with van der Waals surface area (Å²) in [6, 6.07) is 12.6. The molecule has 2 aromatic rings. The lowest BCUT2D eigenvalue weighted by Gasteiger charge is -2.08. The second-order valence-electron chi connectivity index (χ2n) is 4.08. The molecule has 0 saturated heterocycles. The number of azo groups is 1. The molecular weight excluding hydrogens is 269 g/mol. The zero-order valence-electron chi connectivity index (χ0n) is 10.6. The Hall–Kier alpha value is -2.37. The minimum absolute atomic E-state index is 0.285. The van der Waals surface area contributed by atoms with Crippen LogP contribution in [0.4, 0.5) is 24.5 Å². The van der Waals surface area contributed by atoms with Crippen LogP contribution in [0.15, 0.2) is 58.8 Å². The highest BCUT2D eigenvalue weighted by Gasteiger charge is 2.30. The number of rotatable bonds is 3.